The minimum Gasteiger partial charge on any atom is -0.326 e. The van der Waals surface area contributed by atoms with E-state index in [0.717, 1.165) is 5.56 Å². The van der Waals surface area contributed by atoms with E-state index in [4.69, 9.17) is 17.3 Å². The normalized spacial score (nSPS) is 13.3. The maximum Gasteiger partial charge on any atom is 0.260 e. The lowest BCUT2D eigenvalue weighted by molar-refractivity contribution is 0.561. The zero-order chi connectivity index (χ0) is 15.6. The lowest BCUT2D eigenvalue weighted by Crippen LogP contribution is -2.28. The van der Waals surface area contributed by atoms with Crippen LogP contribution in [-0.4, -0.2) is 18.6 Å². The molecule has 1 aromatic carbocycles. The number of sulfonamides is 1. The molecule has 8 heteroatoms. The van der Waals surface area contributed by atoms with Crippen molar-refractivity contribution in [2.45, 2.75) is 31.5 Å². The van der Waals surface area contributed by atoms with E-state index >= 15 is 0 Å². The number of nitrogens with two attached hydrogens (primary N) is 1. The largest absolute Gasteiger partial charge is 0.326 e. The summed E-state index contributed by atoms with van der Waals surface area (Å²) < 4.78 is 27.4. The number of nitrogens with zero attached hydrogens (tertiary/aromatic N) is 1. The molecule has 2 aromatic rings. The maximum absolute atomic E-state index is 12.4. The summed E-state index contributed by atoms with van der Waals surface area (Å²) in [5.41, 5.74) is 7.54. The minimum atomic E-state index is -3.75. The quantitative estimate of drug-likeness (QED) is 0.779. The zero-order valence-electron chi connectivity index (χ0n) is 11.7. The third-order valence-corrected chi connectivity index (χ3v) is 4.96. The van der Waals surface area contributed by atoms with E-state index < -0.39 is 16.1 Å². The Hall–Kier alpha value is -1.41. The molecule has 0 radical (unpaired) electrons. The Morgan fingerprint density at radius 2 is 2.00 bits per heavy atom. The second kappa shape index (κ2) is 6.15. The van der Waals surface area contributed by atoms with Gasteiger partial charge in [0.25, 0.3) is 10.0 Å². The summed E-state index contributed by atoms with van der Waals surface area (Å²) in [4.78, 5) is 0. The van der Waals surface area contributed by atoms with E-state index in [1.165, 1.54) is 0 Å². The third kappa shape index (κ3) is 3.44. The van der Waals surface area contributed by atoms with Crippen molar-refractivity contribution in [1.29, 1.82) is 0 Å². The first-order chi connectivity index (χ1) is 9.85. The van der Waals surface area contributed by atoms with Gasteiger partial charge in [-0.2, -0.15) is 5.10 Å². The van der Waals surface area contributed by atoms with Crippen molar-refractivity contribution >= 4 is 21.6 Å². The van der Waals surface area contributed by atoms with Crippen LogP contribution >= 0.6 is 11.6 Å². The van der Waals surface area contributed by atoms with Gasteiger partial charge in [0, 0.05) is 28.9 Å². The lowest BCUT2D eigenvalue weighted by Gasteiger charge is -2.14. The van der Waals surface area contributed by atoms with E-state index in [-0.39, 0.29) is 11.6 Å². The van der Waals surface area contributed by atoms with Crippen LogP contribution in [0.5, 0.6) is 0 Å². The van der Waals surface area contributed by atoms with Gasteiger partial charge in [0.2, 0.25) is 0 Å². The van der Waals surface area contributed by atoms with Crippen LogP contribution in [0.1, 0.15) is 29.8 Å². The highest BCUT2D eigenvalue weighted by Crippen LogP contribution is 2.20. The van der Waals surface area contributed by atoms with Crippen molar-refractivity contribution in [3.8, 4) is 0 Å². The van der Waals surface area contributed by atoms with Crippen molar-refractivity contribution in [2.24, 2.45) is 5.73 Å². The first-order valence-corrected chi connectivity index (χ1v) is 8.23. The van der Waals surface area contributed by atoms with E-state index in [9.17, 15) is 8.42 Å². The van der Waals surface area contributed by atoms with E-state index in [1.807, 2.05) is 0 Å². The highest BCUT2D eigenvalue weighted by atomic mass is 35.5. The summed E-state index contributed by atoms with van der Waals surface area (Å²) in [5, 5.41) is 7.04. The second-order valence-corrected chi connectivity index (χ2v) is 6.80. The number of H-pyrrole nitrogens is 1. The molecule has 114 valence electrons. The summed E-state index contributed by atoms with van der Waals surface area (Å²) in [7, 11) is -3.75. The molecule has 0 amide bonds. The molecule has 1 aromatic heterocycles. The summed E-state index contributed by atoms with van der Waals surface area (Å²) in [6, 6.07) is 6.57. The molecule has 0 bridgehead atoms. The third-order valence-electron chi connectivity index (χ3n) is 3.20. The van der Waals surface area contributed by atoms with Crippen LogP contribution in [0.25, 0.3) is 0 Å². The van der Waals surface area contributed by atoms with Crippen LogP contribution in [-0.2, 0) is 16.6 Å². The maximum atomic E-state index is 12.4. The molecule has 0 spiro atoms. The average Bonchev–Trinajstić information content (AvgIpc) is 2.80. The highest BCUT2D eigenvalue weighted by molar-refractivity contribution is 7.89. The molecule has 0 saturated heterocycles. The van der Waals surface area contributed by atoms with E-state index in [1.54, 1.807) is 38.1 Å². The molecule has 2 rings (SSSR count). The number of hydrogen-bond donors (Lipinski definition) is 3. The van der Waals surface area contributed by atoms with Crippen molar-refractivity contribution in [1.82, 2.24) is 14.9 Å². The van der Waals surface area contributed by atoms with Gasteiger partial charge in [-0.25, -0.2) is 13.1 Å². The standard InChI is InChI=1S/C13H17ClN4O2S/c1-8(10-3-5-11(14)6-4-10)18-21(19,20)13-12(7-15)9(2)16-17-13/h3-6,8,18H,7,15H2,1-2H3,(H,16,17). The van der Waals surface area contributed by atoms with Crippen LogP contribution in [0, 0.1) is 6.92 Å². The fourth-order valence-corrected chi connectivity index (χ4v) is 3.57. The minimum absolute atomic E-state index is 0.0525. The zero-order valence-corrected chi connectivity index (χ0v) is 13.3. The van der Waals surface area contributed by atoms with Gasteiger partial charge in [0.15, 0.2) is 5.03 Å². The molecular weight excluding hydrogens is 312 g/mol. The van der Waals surface area contributed by atoms with Crippen LogP contribution in [0.2, 0.25) is 5.02 Å². The SMILES string of the molecule is Cc1[nH]nc(S(=O)(=O)NC(C)c2ccc(Cl)cc2)c1CN. The predicted molar refractivity (Wildman–Crippen MR) is 81.4 cm³/mol. The first-order valence-electron chi connectivity index (χ1n) is 6.37. The fourth-order valence-electron chi connectivity index (χ4n) is 2.00. The van der Waals surface area contributed by atoms with Crippen LogP contribution in [0.3, 0.4) is 0 Å². The fraction of sp³-hybridized carbons (Fsp3) is 0.308. The Bertz CT molecular complexity index is 725. The molecule has 0 aliphatic heterocycles. The number of aryl methyl sites for hydroxylation is 1. The van der Waals surface area contributed by atoms with Gasteiger partial charge < -0.3 is 5.73 Å². The number of aromatic nitrogens is 2. The van der Waals surface area contributed by atoms with Gasteiger partial charge >= 0.3 is 0 Å². The Labute approximate surface area is 128 Å². The summed E-state index contributed by atoms with van der Waals surface area (Å²) >= 11 is 5.82. The Morgan fingerprint density at radius 3 is 2.57 bits per heavy atom. The number of benzene rings is 1. The topological polar surface area (TPSA) is 101 Å². The molecule has 4 N–H and O–H groups in total. The van der Waals surface area contributed by atoms with Crippen LogP contribution in [0.15, 0.2) is 29.3 Å². The number of nitrogens with one attached hydrogen (secondary N) is 2. The second-order valence-electron chi connectivity index (χ2n) is 4.73. The van der Waals surface area contributed by atoms with Gasteiger partial charge in [-0.15, -0.1) is 0 Å². The Kier molecular flexibility index (Phi) is 4.67. The Balaban J connectivity index is 2.26. The molecule has 0 aliphatic carbocycles. The first kappa shape index (κ1) is 16.0. The molecule has 1 unspecified atom stereocenters. The van der Waals surface area contributed by atoms with Gasteiger partial charge in [-0.1, -0.05) is 23.7 Å². The number of halogens is 1. The van der Waals surface area contributed by atoms with E-state index in [2.05, 4.69) is 14.9 Å². The summed E-state index contributed by atoms with van der Waals surface area (Å²) in [5.74, 6) is 0. The van der Waals surface area contributed by atoms with Gasteiger partial charge in [0.05, 0.1) is 0 Å². The molecule has 0 fully saturated rings. The van der Waals surface area contributed by atoms with Crippen LogP contribution < -0.4 is 10.5 Å². The number of hydrogen-bond acceptors (Lipinski definition) is 4. The van der Waals surface area contributed by atoms with Gasteiger partial charge in [-0.3, -0.25) is 5.10 Å². The molecule has 1 atom stereocenters. The van der Waals surface area contributed by atoms with Crippen molar-refractivity contribution in [3.63, 3.8) is 0 Å². The highest BCUT2D eigenvalue weighted by Gasteiger charge is 2.25. The molecule has 6 nitrogen and oxygen atoms in total. The molecule has 0 saturated carbocycles. The van der Waals surface area contributed by atoms with Crippen LogP contribution in [0.4, 0.5) is 0 Å². The summed E-state index contributed by atoms with van der Waals surface area (Å²) in [6.45, 7) is 3.59. The van der Waals surface area contributed by atoms with Crippen molar-refractivity contribution in [2.75, 3.05) is 0 Å². The molecule has 1 heterocycles. The van der Waals surface area contributed by atoms with E-state index in [0.29, 0.717) is 16.3 Å². The van der Waals surface area contributed by atoms with Gasteiger partial charge in [-0.05, 0) is 31.5 Å². The number of aromatic amines is 1. The average molecular weight is 329 g/mol. The number of rotatable bonds is 5. The Morgan fingerprint density at radius 1 is 1.38 bits per heavy atom. The van der Waals surface area contributed by atoms with Gasteiger partial charge in [0.1, 0.15) is 0 Å². The van der Waals surface area contributed by atoms with Crippen molar-refractivity contribution < 1.29 is 8.42 Å². The molecule has 21 heavy (non-hydrogen) atoms. The summed E-state index contributed by atoms with van der Waals surface area (Å²) in [6.07, 6.45) is 0. The molecule has 0 aliphatic rings. The lowest BCUT2D eigenvalue weighted by atomic mass is 10.1. The predicted octanol–water partition coefficient (Wildman–Crippen LogP) is 1.87. The monoisotopic (exact) mass is 328 g/mol. The van der Waals surface area contributed by atoms with Crippen molar-refractivity contribution in [3.05, 3.63) is 46.1 Å². The smallest absolute Gasteiger partial charge is 0.260 e. The molecular formula is C13H17ClN4O2S.